The van der Waals surface area contributed by atoms with Gasteiger partial charge in [0.05, 0.1) is 16.3 Å². The predicted molar refractivity (Wildman–Crippen MR) is 74.3 cm³/mol. The fourth-order valence-electron chi connectivity index (χ4n) is 1.77. The van der Waals surface area contributed by atoms with Gasteiger partial charge in [0, 0.05) is 23.9 Å². The molecule has 0 spiro atoms. The predicted octanol–water partition coefficient (Wildman–Crippen LogP) is 3.44. The second-order valence-electron chi connectivity index (χ2n) is 4.44. The number of nitrogens with zero attached hydrogens (tertiary/aromatic N) is 1. The van der Waals surface area contributed by atoms with E-state index in [1.54, 1.807) is 0 Å². The molecule has 1 heterocycles. The Morgan fingerprint density at radius 2 is 2.14 bits per heavy atom. The van der Waals surface area contributed by atoms with Crippen LogP contribution in [0.5, 0.6) is 0 Å². The van der Waals surface area contributed by atoms with Gasteiger partial charge in [0.1, 0.15) is 0 Å². The van der Waals surface area contributed by atoms with Crippen molar-refractivity contribution in [2.75, 3.05) is 6.54 Å². The first-order valence-electron chi connectivity index (χ1n) is 6.23. The monoisotopic (exact) mass is 314 g/mol. The van der Waals surface area contributed by atoms with Gasteiger partial charge in [-0.2, -0.15) is 13.2 Å². The summed E-state index contributed by atoms with van der Waals surface area (Å²) < 4.78 is 37.7. The molecule has 0 bridgehead atoms. The molecule has 0 atom stereocenters. The first-order chi connectivity index (χ1) is 9.86. The number of thiazole rings is 1. The van der Waals surface area contributed by atoms with E-state index in [0.29, 0.717) is 13.0 Å². The minimum atomic E-state index is -4.45. The fraction of sp³-hybridized carbons (Fsp3) is 0.286. The number of amides is 1. The minimum absolute atomic E-state index is 0.000664. The van der Waals surface area contributed by atoms with Crippen molar-refractivity contribution in [2.24, 2.45) is 0 Å². The average molecular weight is 314 g/mol. The Morgan fingerprint density at radius 3 is 2.76 bits per heavy atom. The van der Waals surface area contributed by atoms with E-state index in [1.807, 2.05) is 12.3 Å². The number of nitrogens with one attached hydrogen (secondary N) is 1. The Hall–Kier alpha value is -1.89. The van der Waals surface area contributed by atoms with Crippen LogP contribution in [-0.2, 0) is 12.6 Å². The van der Waals surface area contributed by atoms with E-state index in [1.165, 1.54) is 23.5 Å². The lowest BCUT2D eigenvalue weighted by Gasteiger charge is -2.09. The van der Waals surface area contributed by atoms with Crippen LogP contribution in [0.25, 0.3) is 0 Å². The second kappa shape index (κ2) is 6.26. The number of aromatic nitrogens is 1. The van der Waals surface area contributed by atoms with Gasteiger partial charge in [-0.05, 0) is 25.1 Å². The van der Waals surface area contributed by atoms with E-state index >= 15 is 0 Å². The van der Waals surface area contributed by atoms with Crippen LogP contribution < -0.4 is 5.32 Å². The van der Waals surface area contributed by atoms with Crippen LogP contribution in [0.1, 0.15) is 26.6 Å². The molecule has 1 N–H and O–H groups in total. The number of halogens is 3. The standard InChI is InChI=1S/C14H13F3N2OS/c1-9-19-12(8-21-9)5-6-18-13(20)10-3-2-4-11(7-10)14(15,16)17/h2-4,7-8H,5-6H2,1H3,(H,18,20). The van der Waals surface area contributed by atoms with Crippen LogP contribution in [-0.4, -0.2) is 17.4 Å². The largest absolute Gasteiger partial charge is 0.416 e. The number of alkyl halides is 3. The number of hydrogen-bond donors (Lipinski definition) is 1. The maximum absolute atomic E-state index is 12.6. The molecule has 0 saturated carbocycles. The Balaban J connectivity index is 1.94. The Labute approximate surface area is 123 Å². The first-order valence-corrected chi connectivity index (χ1v) is 7.10. The summed E-state index contributed by atoms with van der Waals surface area (Å²) in [5.41, 5.74) is 0.0337. The SMILES string of the molecule is Cc1nc(CCNC(=O)c2cccc(C(F)(F)F)c2)cs1. The van der Waals surface area contributed by atoms with Crippen LogP contribution in [0, 0.1) is 6.92 Å². The Kier molecular flexibility index (Phi) is 4.62. The summed E-state index contributed by atoms with van der Waals surface area (Å²) in [5, 5.41) is 5.43. The smallest absolute Gasteiger partial charge is 0.352 e. The number of rotatable bonds is 4. The lowest BCUT2D eigenvalue weighted by atomic mass is 10.1. The molecule has 0 radical (unpaired) electrons. The van der Waals surface area contributed by atoms with Crippen LogP contribution in [0.4, 0.5) is 13.2 Å². The number of hydrogen-bond acceptors (Lipinski definition) is 3. The quantitative estimate of drug-likeness (QED) is 0.939. The third-order valence-corrected chi connectivity index (χ3v) is 3.61. The normalized spacial score (nSPS) is 11.4. The number of aryl methyl sites for hydroxylation is 1. The van der Waals surface area contributed by atoms with Crippen molar-refractivity contribution in [3.05, 3.63) is 51.5 Å². The Morgan fingerprint density at radius 1 is 1.38 bits per heavy atom. The molecule has 1 aromatic carbocycles. The molecule has 112 valence electrons. The van der Waals surface area contributed by atoms with Crippen LogP contribution in [0.3, 0.4) is 0 Å². The van der Waals surface area contributed by atoms with Crippen molar-refractivity contribution in [1.82, 2.24) is 10.3 Å². The van der Waals surface area contributed by atoms with Gasteiger partial charge in [-0.3, -0.25) is 4.79 Å². The maximum Gasteiger partial charge on any atom is 0.416 e. The van der Waals surface area contributed by atoms with Crippen molar-refractivity contribution in [1.29, 1.82) is 0 Å². The summed E-state index contributed by atoms with van der Waals surface area (Å²) in [6, 6.07) is 4.37. The minimum Gasteiger partial charge on any atom is -0.352 e. The zero-order chi connectivity index (χ0) is 15.5. The summed E-state index contributed by atoms with van der Waals surface area (Å²) in [6.07, 6.45) is -3.90. The van der Waals surface area contributed by atoms with Gasteiger partial charge in [-0.1, -0.05) is 6.07 Å². The van der Waals surface area contributed by atoms with Gasteiger partial charge in [0.2, 0.25) is 0 Å². The van der Waals surface area contributed by atoms with E-state index in [2.05, 4.69) is 10.3 Å². The van der Waals surface area contributed by atoms with E-state index in [4.69, 9.17) is 0 Å². The molecule has 0 unspecified atom stereocenters. The van der Waals surface area contributed by atoms with E-state index in [9.17, 15) is 18.0 Å². The molecular weight excluding hydrogens is 301 g/mol. The van der Waals surface area contributed by atoms with E-state index in [-0.39, 0.29) is 5.56 Å². The number of carbonyl (C=O) groups excluding carboxylic acids is 1. The van der Waals surface area contributed by atoms with Gasteiger partial charge in [0.15, 0.2) is 0 Å². The molecule has 2 aromatic rings. The fourth-order valence-corrected chi connectivity index (χ4v) is 2.41. The lowest BCUT2D eigenvalue weighted by Crippen LogP contribution is -2.26. The van der Waals surface area contributed by atoms with Crippen LogP contribution in [0.2, 0.25) is 0 Å². The molecule has 0 aliphatic rings. The highest BCUT2D eigenvalue weighted by Crippen LogP contribution is 2.29. The Bertz CT molecular complexity index is 637. The second-order valence-corrected chi connectivity index (χ2v) is 5.50. The topological polar surface area (TPSA) is 42.0 Å². The average Bonchev–Trinajstić information content (AvgIpc) is 2.83. The molecule has 0 aliphatic carbocycles. The third-order valence-electron chi connectivity index (χ3n) is 2.79. The molecule has 7 heteroatoms. The van der Waals surface area contributed by atoms with Crippen LogP contribution in [0.15, 0.2) is 29.6 Å². The molecule has 1 aromatic heterocycles. The zero-order valence-electron chi connectivity index (χ0n) is 11.2. The molecule has 3 nitrogen and oxygen atoms in total. The van der Waals surface area contributed by atoms with Gasteiger partial charge in [0.25, 0.3) is 5.91 Å². The first kappa shape index (κ1) is 15.5. The highest BCUT2D eigenvalue weighted by molar-refractivity contribution is 7.09. The van der Waals surface area contributed by atoms with Crippen molar-refractivity contribution in [2.45, 2.75) is 19.5 Å². The van der Waals surface area contributed by atoms with Gasteiger partial charge >= 0.3 is 6.18 Å². The summed E-state index contributed by atoms with van der Waals surface area (Å²) >= 11 is 1.52. The molecule has 0 aliphatic heterocycles. The van der Waals surface area contributed by atoms with Gasteiger partial charge in [-0.15, -0.1) is 11.3 Å². The molecule has 0 saturated heterocycles. The summed E-state index contributed by atoms with van der Waals surface area (Å²) in [6.45, 7) is 2.22. The number of benzene rings is 1. The van der Waals surface area contributed by atoms with Gasteiger partial charge < -0.3 is 5.32 Å². The lowest BCUT2D eigenvalue weighted by molar-refractivity contribution is -0.137. The highest BCUT2D eigenvalue weighted by Gasteiger charge is 2.30. The molecule has 0 fully saturated rings. The molecule has 21 heavy (non-hydrogen) atoms. The van der Waals surface area contributed by atoms with Crippen molar-refractivity contribution in [3.8, 4) is 0 Å². The van der Waals surface area contributed by atoms with E-state index < -0.39 is 17.6 Å². The third kappa shape index (κ3) is 4.29. The maximum atomic E-state index is 12.6. The van der Waals surface area contributed by atoms with Crippen molar-refractivity contribution in [3.63, 3.8) is 0 Å². The van der Waals surface area contributed by atoms with E-state index in [0.717, 1.165) is 22.8 Å². The summed E-state index contributed by atoms with van der Waals surface area (Å²) in [4.78, 5) is 16.1. The zero-order valence-corrected chi connectivity index (χ0v) is 12.0. The highest BCUT2D eigenvalue weighted by atomic mass is 32.1. The van der Waals surface area contributed by atoms with Crippen molar-refractivity contribution < 1.29 is 18.0 Å². The summed E-state index contributed by atoms with van der Waals surface area (Å²) in [7, 11) is 0. The summed E-state index contributed by atoms with van der Waals surface area (Å²) in [5.74, 6) is -0.520. The van der Waals surface area contributed by atoms with Crippen molar-refractivity contribution >= 4 is 17.2 Å². The molecular formula is C14H13F3N2OS. The molecule has 2 rings (SSSR count). The number of carbonyl (C=O) groups is 1. The molecule has 1 amide bonds. The van der Waals surface area contributed by atoms with Crippen LogP contribution >= 0.6 is 11.3 Å². The van der Waals surface area contributed by atoms with Gasteiger partial charge in [-0.25, -0.2) is 4.98 Å².